The molecule has 3 rings (SSSR count). The van der Waals surface area contributed by atoms with Crippen LogP contribution in [-0.2, 0) is 0 Å². The van der Waals surface area contributed by atoms with Crippen LogP contribution in [0.25, 0.3) is 0 Å². The fraction of sp³-hybridized carbons (Fsp3) is 0.467. The molecule has 0 saturated heterocycles. The van der Waals surface area contributed by atoms with E-state index < -0.39 is 6.61 Å². The molecule has 0 heterocycles. The number of benzene rings is 1. The largest absolute Gasteiger partial charge is 0.434 e. The highest BCUT2D eigenvalue weighted by atomic mass is 19.3. The van der Waals surface area contributed by atoms with Crippen LogP contribution < -0.4 is 4.74 Å². The molecule has 0 N–H and O–H groups in total. The van der Waals surface area contributed by atoms with E-state index in [-0.39, 0.29) is 5.92 Å². The Kier molecular flexibility index (Phi) is 2.84. The maximum Gasteiger partial charge on any atom is 0.387 e. The molecule has 1 nitrogen and oxygen atoms in total. The highest BCUT2D eigenvalue weighted by Crippen LogP contribution is 2.48. The van der Waals surface area contributed by atoms with Gasteiger partial charge in [0.2, 0.25) is 0 Å². The van der Waals surface area contributed by atoms with Crippen molar-refractivity contribution >= 4 is 0 Å². The highest BCUT2D eigenvalue weighted by Gasteiger charge is 2.31. The first-order valence-electron chi connectivity index (χ1n) is 6.41. The zero-order valence-corrected chi connectivity index (χ0v) is 10.3. The van der Waals surface area contributed by atoms with Crippen LogP contribution in [0.2, 0.25) is 0 Å². The van der Waals surface area contributed by atoms with Crippen LogP contribution in [0.1, 0.15) is 47.8 Å². The van der Waals surface area contributed by atoms with Gasteiger partial charge in [0.15, 0.2) is 0 Å². The van der Waals surface area contributed by atoms with Crippen LogP contribution in [0.15, 0.2) is 24.3 Å². The van der Waals surface area contributed by atoms with Gasteiger partial charge in [-0.25, -0.2) is 0 Å². The predicted octanol–water partition coefficient (Wildman–Crippen LogP) is 4.52. The highest BCUT2D eigenvalue weighted by molar-refractivity contribution is 5.51. The third-order valence-electron chi connectivity index (χ3n) is 3.67. The quantitative estimate of drug-likeness (QED) is 0.714. The molecule has 1 atom stereocenters. The lowest BCUT2D eigenvalue weighted by atomic mass is 9.84. The minimum Gasteiger partial charge on any atom is -0.434 e. The van der Waals surface area contributed by atoms with Crippen molar-refractivity contribution in [2.45, 2.75) is 44.6 Å². The van der Waals surface area contributed by atoms with Crippen LogP contribution >= 0.6 is 0 Å². The molecular weight excluding hydrogens is 234 g/mol. The first-order valence-corrected chi connectivity index (χ1v) is 6.41. The standard InChI is InChI=1S/C15H16F2O/c1-9-7-12(10-3-2-4-10)14(18-15(16)17)13(8-9)11-5-6-11/h2-3,7-8,10-11,15H,4-6H2,1H3. The van der Waals surface area contributed by atoms with Crippen molar-refractivity contribution in [2.24, 2.45) is 0 Å². The Labute approximate surface area is 105 Å². The SMILES string of the molecule is Cc1cc(C2C=CC2)c(OC(F)F)c(C2CC2)c1. The molecule has 0 aromatic heterocycles. The summed E-state index contributed by atoms with van der Waals surface area (Å²) < 4.78 is 30.0. The molecule has 0 bridgehead atoms. The van der Waals surface area contributed by atoms with Gasteiger partial charge in [0.25, 0.3) is 0 Å². The smallest absolute Gasteiger partial charge is 0.387 e. The summed E-state index contributed by atoms with van der Waals surface area (Å²) in [5, 5.41) is 0. The van der Waals surface area contributed by atoms with Crippen LogP contribution in [-0.4, -0.2) is 6.61 Å². The van der Waals surface area contributed by atoms with E-state index in [4.69, 9.17) is 4.74 Å². The number of hydrogen-bond donors (Lipinski definition) is 0. The van der Waals surface area contributed by atoms with Crippen molar-refractivity contribution in [1.82, 2.24) is 0 Å². The van der Waals surface area contributed by atoms with Gasteiger partial charge in [-0.05, 0) is 37.7 Å². The van der Waals surface area contributed by atoms with Crippen LogP contribution in [0.5, 0.6) is 5.75 Å². The lowest BCUT2D eigenvalue weighted by Crippen LogP contribution is -2.11. The summed E-state index contributed by atoms with van der Waals surface area (Å²) in [5.41, 5.74) is 3.04. The van der Waals surface area contributed by atoms with Gasteiger partial charge in [-0.3, -0.25) is 0 Å². The minimum absolute atomic E-state index is 0.246. The maximum absolute atomic E-state index is 12.6. The molecule has 1 aromatic carbocycles. The van der Waals surface area contributed by atoms with Gasteiger partial charge in [0.1, 0.15) is 5.75 Å². The van der Waals surface area contributed by atoms with Gasteiger partial charge in [-0.15, -0.1) is 0 Å². The predicted molar refractivity (Wildman–Crippen MR) is 66.3 cm³/mol. The van der Waals surface area contributed by atoms with E-state index in [2.05, 4.69) is 12.2 Å². The molecule has 1 fully saturated rings. The number of halogens is 2. The molecule has 18 heavy (non-hydrogen) atoms. The summed E-state index contributed by atoms with van der Waals surface area (Å²) in [6.07, 6.45) is 7.22. The van der Waals surface area contributed by atoms with E-state index in [0.717, 1.165) is 36.0 Å². The molecule has 2 aliphatic carbocycles. The second-order valence-corrected chi connectivity index (χ2v) is 5.20. The fourth-order valence-electron chi connectivity index (χ4n) is 2.53. The van der Waals surface area contributed by atoms with Crippen molar-refractivity contribution in [3.63, 3.8) is 0 Å². The molecule has 1 aromatic rings. The van der Waals surface area contributed by atoms with Crippen molar-refractivity contribution < 1.29 is 13.5 Å². The summed E-state index contributed by atoms with van der Waals surface area (Å²) in [7, 11) is 0. The molecule has 0 spiro atoms. The molecule has 0 amide bonds. The average molecular weight is 250 g/mol. The van der Waals surface area contributed by atoms with Gasteiger partial charge >= 0.3 is 6.61 Å². The maximum atomic E-state index is 12.6. The van der Waals surface area contributed by atoms with Crippen LogP contribution in [0.3, 0.4) is 0 Å². The van der Waals surface area contributed by atoms with Crippen molar-refractivity contribution in [3.05, 3.63) is 41.0 Å². The third-order valence-corrected chi connectivity index (χ3v) is 3.67. The number of alkyl halides is 2. The van der Waals surface area contributed by atoms with Gasteiger partial charge in [0, 0.05) is 11.5 Å². The van der Waals surface area contributed by atoms with E-state index in [1.165, 1.54) is 0 Å². The molecular formula is C15H16F2O. The van der Waals surface area contributed by atoms with Crippen molar-refractivity contribution in [1.29, 1.82) is 0 Å². The number of hydrogen-bond acceptors (Lipinski definition) is 1. The fourth-order valence-corrected chi connectivity index (χ4v) is 2.53. The minimum atomic E-state index is -2.74. The van der Waals surface area contributed by atoms with E-state index in [0.29, 0.717) is 11.7 Å². The Morgan fingerprint density at radius 1 is 1.22 bits per heavy atom. The summed E-state index contributed by atoms with van der Waals surface area (Å²) >= 11 is 0. The topological polar surface area (TPSA) is 9.23 Å². The summed E-state index contributed by atoms with van der Waals surface area (Å²) in [5.74, 6) is 1.10. The number of allylic oxidation sites excluding steroid dienone is 2. The van der Waals surface area contributed by atoms with E-state index in [1.54, 1.807) is 0 Å². The second kappa shape index (κ2) is 4.38. The average Bonchev–Trinajstić information content (AvgIpc) is 3.01. The third kappa shape index (κ3) is 2.14. The summed E-state index contributed by atoms with van der Waals surface area (Å²) in [4.78, 5) is 0. The summed E-state index contributed by atoms with van der Waals surface area (Å²) in [6.45, 7) is -0.725. The monoisotopic (exact) mass is 250 g/mol. The second-order valence-electron chi connectivity index (χ2n) is 5.20. The Morgan fingerprint density at radius 3 is 2.39 bits per heavy atom. The van der Waals surface area contributed by atoms with Crippen molar-refractivity contribution in [2.75, 3.05) is 0 Å². The van der Waals surface area contributed by atoms with Crippen LogP contribution in [0.4, 0.5) is 8.78 Å². The first kappa shape index (κ1) is 11.7. The molecule has 2 aliphatic rings. The Hall–Kier alpha value is -1.38. The van der Waals surface area contributed by atoms with E-state index in [9.17, 15) is 8.78 Å². The normalized spacial score (nSPS) is 22.1. The van der Waals surface area contributed by atoms with E-state index in [1.807, 2.05) is 19.1 Å². The van der Waals surface area contributed by atoms with E-state index >= 15 is 0 Å². The van der Waals surface area contributed by atoms with Gasteiger partial charge in [-0.2, -0.15) is 8.78 Å². The van der Waals surface area contributed by atoms with Crippen molar-refractivity contribution in [3.8, 4) is 5.75 Å². The number of rotatable bonds is 4. The van der Waals surface area contributed by atoms with Gasteiger partial charge in [-0.1, -0.05) is 29.8 Å². The molecule has 0 aliphatic heterocycles. The van der Waals surface area contributed by atoms with Crippen LogP contribution in [0, 0.1) is 6.92 Å². The first-order chi connectivity index (χ1) is 8.65. The molecule has 3 heteroatoms. The lowest BCUT2D eigenvalue weighted by molar-refractivity contribution is -0.0511. The Bertz CT molecular complexity index is 490. The molecule has 0 radical (unpaired) electrons. The zero-order valence-electron chi connectivity index (χ0n) is 10.3. The Morgan fingerprint density at radius 2 is 1.89 bits per heavy atom. The number of ether oxygens (including phenoxy) is 1. The summed E-state index contributed by atoms with van der Waals surface area (Å²) in [6, 6.07) is 3.99. The molecule has 1 saturated carbocycles. The Balaban J connectivity index is 2.06. The zero-order chi connectivity index (χ0) is 12.7. The molecule has 96 valence electrons. The number of aryl methyl sites for hydroxylation is 1. The van der Waals surface area contributed by atoms with Gasteiger partial charge in [0.05, 0.1) is 0 Å². The lowest BCUT2D eigenvalue weighted by Gasteiger charge is -2.24. The van der Waals surface area contributed by atoms with Gasteiger partial charge < -0.3 is 4.74 Å². The molecule has 1 unspecified atom stereocenters.